The van der Waals surface area contributed by atoms with Crippen LogP contribution in [0.25, 0.3) is 11.0 Å². The Kier molecular flexibility index (Phi) is 4.08. The molecule has 1 saturated heterocycles. The fourth-order valence-corrected chi connectivity index (χ4v) is 3.15. The van der Waals surface area contributed by atoms with Gasteiger partial charge in [-0.05, 0) is 18.2 Å². The van der Waals surface area contributed by atoms with Crippen molar-refractivity contribution in [2.75, 3.05) is 13.7 Å². The highest BCUT2D eigenvalue weighted by Crippen LogP contribution is 2.24. The number of likely N-dealkylation sites (tertiary alicyclic amines) is 1. The van der Waals surface area contributed by atoms with Crippen molar-refractivity contribution in [3.05, 3.63) is 29.0 Å². The van der Waals surface area contributed by atoms with Crippen molar-refractivity contribution < 1.29 is 14.6 Å². The average Bonchev–Trinajstić information content (AvgIpc) is 2.99. The van der Waals surface area contributed by atoms with Crippen LogP contribution in [0.1, 0.15) is 12.2 Å². The highest BCUT2D eigenvalue weighted by atomic mass is 35.5. The Labute approximate surface area is 133 Å². The van der Waals surface area contributed by atoms with E-state index in [1.807, 2.05) is 34.7 Å². The minimum absolute atomic E-state index is 0.321. The summed E-state index contributed by atoms with van der Waals surface area (Å²) in [5.41, 5.74) is 1.80. The molecule has 0 bridgehead atoms. The number of hydrogen-bond donors (Lipinski definition) is 1. The number of hydrogen-bond acceptors (Lipinski definition) is 5. The van der Waals surface area contributed by atoms with Crippen molar-refractivity contribution >= 4 is 28.6 Å². The van der Waals surface area contributed by atoms with Gasteiger partial charge in [0.05, 0.1) is 30.8 Å². The number of benzene rings is 1. The average molecular weight is 324 g/mol. The number of methoxy groups -OCH3 is 1. The third-order valence-electron chi connectivity index (χ3n) is 4.13. The number of aromatic nitrogens is 2. The summed E-state index contributed by atoms with van der Waals surface area (Å²) in [5.74, 6) is 0.499. The number of carbonyl (C=O) groups is 1. The van der Waals surface area contributed by atoms with Crippen LogP contribution in [0.2, 0.25) is 5.02 Å². The summed E-state index contributed by atoms with van der Waals surface area (Å²) in [6.07, 6.45) is -0.129. The largest absolute Gasteiger partial charge is 0.468 e. The van der Waals surface area contributed by atoms with Crippen LogP contribution < -0.4 is 0 Å². The van der Waals surface area contributed by atoms with Gasteiger partial charge in [-0.3, -0.25) is 9.69 Å². The molecule has 0 spiro atoms. The lowest BCUT2D eigenvalue weighted by Gasteiger charge is -2.21. The molecule has 22 heavy (non-hydrogen) atoms. The Hall–Kier alpha value is -1.63. The van der Waals surface area contributed by atoms with E-state index in [2.05, 4.69) is 4.98 Å². The number of halogens is 1. The molecule has 1 N–H and O–H groups in total. The van der Waals surface area contributed by atoms with Crippen molar-refractivity contribution in [3.63, 3.8) is 0 Å². The first-order valence-corrected chi connectivity index (χ1v) is 7.48. The molecule has 7 heteroatoms. The van der Waals surface area contributed by atoms with Gasteiger partial charge in [-0.2, -0.15) is 0 Å². The molecule has 3 rings (SSSR count). The summed E-state index contributed by atoms with van der Waals surface area (Å²) in [4.78, 5) is 18.3. The second-order valence-corrected chi connectivity index (χ2v) is 6.01. The summed E-state index contributed by atoms with van der Waals surface area (Å²) in [7, 11) is 3.29. The zero-order valence-corrected chi connectivity index (χ0v) is 13.2. The zero-order chi connectivity index (χ0) is 15.9. The molecular weight excluding hydrogens is 306 g/mol. The first kappa shape index (κ1) is 15.3. The number of aliphatic hydroxyl groups is 1. The number of carbonyl (C=O) groups excluding carboxylic acids is 1. The number of rotatable bonds is 3. The third kappa shape index (κ3) is 2.69. The van der Waals surface area contributed by atoms with Crippen LogP contribution in [0.15, 0.2) is 18.2 Å². The van der Waals surface area contributed by atoms with Gasteiger partial charge in [0.2, 0.25) is 0 Å². The van der Waals surface area contributed by atoms with E-state index < -0.39 is 12.1 Å². The summed E-state index contributed by atoms with van der Waals surface area (Å²) < 4.78 is 6.80. The van der Waals surface area contributed by atoms with E-state index in [9.17, 15) is 9.90 Å². The monoisotopic (exact) mass is 323 g/mol. The molecule has 1 aliphatic heterocycles. The maximum atomic E-state index is 11.8. The van der Waals surface area contributed by atoms with Crippen molar-refractivity contribution in [1.29, 1.82) is 0 Å². The maximum absolute atomic E-state index is 11.8. The van der Waals surface area contributed by atoms with E-state index in [1.54, 1.807) is 0 Å². The number of nitrogens with zero attached hydrogens (tertiary/aromatic N) is 3. The van der Waals surface area contributed by atoms with Crippen LogP contribution in [0.4, 0.5) is 0 Å². The fourth-order valence-electron chi connectivity index (χ4n) is 2.98. The van der Waals surface area contributed by atoms with Crippen LogP contribution in [0.5, 0.6) is 0 Å². The summed E-state index contributed by atoms with van der Waals surface area (Å²) in [5, 5.41) is 10.5. The molecule has 6 nitrogen and oxygen atoms in total. The smallest absolute Gasteiger partial charge is 0.323 e. The Balaban J connectivity index is 1.89. The molecule has 0 unspecified atom stereocenters. The van der Waals surface area contributed by atoms with Crippen molar-refractivity contribution in [2.45, 2.75) is 25.1 Å². The lowest BCUT2D eigenvalue weighted by Crippen LogP contribution is -2.37. The molecule has 0 radical (unpaired) electrons. The summed E-state index contributed by atoms with van der Waals surface area (Å²) in [6.45, 7) is 0.906. The number of ether oxygens (including phenoxy) is 1. The topological polar surface area (TPSA) is 67.6 Å². The Bertz CT molecular complexity index is 715. The minimum atomic E-state index is -0.520. The van der Waals surface area contributed by atoms with Gasteiger partial charge in [0.25, 0.3) is 0 Å². The normalized spacial score (nSPS) is 22.4. The lowest BCUT2D eigenvalue weighted by molar-refractivity contribution is -0.146. The molecule has 0 aliphatic carbocycles. The molecule has 2 atom stereocenters. The zero-order valence-electron chi connectivity index (χ0n) is 12.5. The van der Waals surface area contributed by atoms with E-state index in [4.69, 9.17) is 16.3 Å². The van der Waals surface area contributed by atoms with E-state index >= 15 is 0 Å². The summed E-state index contributed by atoms with van der Waals surface area (Å²) in [6, 6.07) is 5.14. The quantitative estimate of drug-likeness (QED) is 0.863. The van der Waals surface area contributed by atoms with Crippen molar-refractivity contribution in [2.24, 2.45) is 7.05 Å². The molecule has 118 valence electrons. The van der Waals surface area contributed by atoms with Crippen LogP contribution in [0, 0.1) is 0 Å². The standard InChI is InChI=1S/C15H18ClN3O3/c1-18-12-4-3-9(16)5-11(12)17-14(18)8-19-7-10(20)6-13(19)15(21)22-2/h3-5,10,13,20H,6-8H2,1-2H3/t10-,13+/m1/s1. The highest BCUT2D eigenvalue weighted by molar-refractivity contribution is 6.31. The molecule has 1 aromatic heterocycles. The predicted molar refractivity (Wildman–Crippen MR) is 82.6 cm³/mol. The molecule has 0 saturated carbocycles. The molecule has 0 amide bonds. The molecular formula is C15H18ClN3O3. The molecule has 1 aliphatic rings. The van der Waals surface area contributed by atoms with Gasteiger partial charge >= 0.3 is 5.97 Å². The van der Waals surface area contributed by atoms with Crippen LogP contribution in [-0.2, 0) is 23.1 Å². The molecule has 1 fully saturated rings. The van der Waals surface area contributed by atoms with E-state index in [1.165, 1.54) is 7.11 Å². The van der Waals surface area contributed by atoms with Gasteiger partial charge in [0, 0.05) is 25.0 Å². The van der Waals surface area contributed by atoms with E-state index in [-0.39, 0.29) is 5.97 Å². The van der Waals surface area contributed by atoms with E-state index in [0.29, 0.717) is 24.5 Å². The fraction of sp³-hybridized carbons (Fsp3) is 0.467. The number of aryl methyl sites for hydroxylation is 1. The molecule has 2 heterocycles. The first-order chi connectivity index (χ1) is 10.5. The predicted octanol–water partition coefficient (Wildman–Crippen LogP) is 1.33. The lowest BCUT2D eigenvalue weighted by atomic mass is 10.2. The number of fused-ring (bicyclic) bond motifs is 1. The molecule has 2 aromatic rings. The Morgan fingerprint density at radius 2 is 2.32 bits per heavy atom. The van der Waals surface area contributed by atoms with Crippen LogP contribution >= 0.6 is 11.6 Å². The second-order valence-electron chi connectivity index (χ2n) is 5.58. The first-order valence-electron chi connectivity index (χ1n) is 7.10. The van der Waals surface area contributed by atoms with E-state index in [0.717, 1.165) is 16.9 Å². The summed E-state index contributed by atoms with van der Waals surface area (Å²) >= 11 is 6.00. The van der Waals surface area contributed by atoms with Crippen LogP contribution in [0.3, 0.4) is 0 Å². The van der Waals surface area contributed by atoms with Gasteiger partial charge in [-0.25, -0.2) is 4.98 Å². The van der Waals surface area contributed by atoms with Gasteiger partial charge in [0.15, 0.2) is 0 Å². The van der Waals surface area contributed by atoms with Gasteiger partial charge in [-0.15, -0.1) is 0 Å². The molecule has 1 aromatic carbocycles. The second kappa shape index (κ2) is 5.87. The number of esters is 1. The third-order valence-corrected chi connectivity index (χ3v) is 4.37. The minimum Gasteiger partial charge on any atom is -0.468 e. The van der Waals surface area contributed by atoms with Gasteiger partial charge in [0.1, 0.15) is 11.9 Å². The number of imidazole rings is 1. The SMILES string of the molecule is COC(=O)[C@@H]1C[C@@H](O)CN1Cc1nc2cc(Cl)ccc2n1C. The van der Waals surface area contributed by atoms with Gasteiger partial charge in [-0.1, -0.05) is 11.6 Å². The van der Waals surface area contributed by atoms with Gasteiger partial charge < -0.3 is 14.4 Å². The number of aliphatic hydroxyl groups excluding tert-OH is 1. The van der Waals surface area contributed by atoms with Crippen molar-refractivity contribution in [1.82, 2.24) is 14.5 Å². The Morgan fingerprint density at radius 1 is 1.55 bits per heavy atom. The maximum Gasteiger partial charge on any atom is 0.323 e. The Morgan fingerprint density at radius 3 is 3.05 bits per heavy atom. The van der Waals surface area contributed by atoms with Crippen LogP contribution in [-0.4, -0.2) is 51.3 Å². The van der Waals surface area contributed by atoms with Crippen molar-refractivity contribution in [3.8, 4) is 0 Å². The number of β-amino-alcohol motifs (C(OH)–C–C–N with tert-alkyl or cyclic N) is 1. The highest BCUT2D eigenvalue weighted by Gasteiger charge is 2.37.